The monoisotopic (exact) mass is 332 g/mol. The third-order valence-electron chi connectivity index (χ3n) is 3.57. The second-order valence-electron chi connectivity index (χ2n) is 5.07. The second kappa shape index (κ2) is 6.21. The number of hydrogen-bond donors (Lipinski definition) is 1. The van der Waals surface area contributed by atoms with E-state index in [9.17, 15) is 13.2 Å². The number of nitrogens with one attached hydrogen (secondary N) is 1. The molecule has 0 amide bonds. The fourth-order valence-corrected chi connectivity index (χ4v) is 3.09. The average molecular weight is 332 g/mol. The van der Waals surface area contributed by atoms with Gasteiger partial charge in [0.25, 0.3) is 0 Å². The van der Waals surface area contributed by atoms with Crippen molar-refractivity contribution >= 4 is 16.5 Å². The summed E-state index contributed by atoms with van der Waals surface area (Å²) in [5.74, 6) is 0. The van der Waals surface area contributed by atoms with Crippen LogP contribution in [0.5, 0.6) is 0 Å². The summed E-state index contributed by atoms with van der Waals surface area (Å²) in [5.41, 5.74) is 1.15. The molecule has 0 aromatic carbocycles. The highest BCUT2D eigenvalue weighted by atomic mass is 32.1. The molecule has 120 valence electrons. The van der Waals surface area contributed by atoms with Crippen LogP contribution < -0.4 is 4.90 Å². The van der Waals surface area contributed by atoms with Crippen molar-refractivity contribution in [3.05, 3.63) is 23.0 Å². The summed E-state index contributed by atoms with van der Waals surface area (Å²) in [6.07, 6.45) is 0.169. The molecule has 1 aliphatic heterocycles. The van der Waals surface area contributed by atoms with E-state index in [0.717, 1.165) is 31.6 Å². The van der Waals surface area contributed by atoms with Gasteiger partial charge in [-0.1, -0.05) is 11.3 Å². The molecule has 2 aromatic heterocycles. The summed E-state index contributed by atoms with van der Waals surface area (Å²) in [7, 11) is 0. The van der Waals surface area contributed by atoms with Crippen molar-refractivity contribution in [3.63, 3.8) is 0 Å². The minimum absolute atomic E-state index is 0.349. The van der Waals surface area contributed by atoms with Gasteiger partial charge in [0.2, 0.25) is 10.1 Å². The zero-order valence-electron chi connectivity index (χ0n) is 11.7. The third-order valence-corrected chi connectivity index (χ3v) is 4.60. The molecule has 1 aliphatic rings. The Morgan fingerprint density at radius 1 is 1.18 bits per heavy atom. The van der Waals surface area contributed by atoms with Gasteiger partial charge in [-0.15, -0.1) is 10.2 Å². The Balaban J connectivity index is 1.50. The Bertz CT molecular complexity index is 588. The number of alkyl halides is 3. The molecule has 0 bridgehead atoms. The number of aromatic amines is 1. The molecule has 0 atom stereocenters. The van der Waals surface area contributed by atoms with E-state index in [1.54, 1.807) is 6.20 Å². The molecule has 6 nitrogen and oxygen atoms in total. The highest BCUT2D eigenvalue weighted by molar-refractivity contribution is 7.15. The van der Waals surface area contributed by atoms with E-state index in [0.29, 0.717) is 29.6 Å². The molecule has 0 saturated carbocycles. The van der Waals surface area contributed by atoms with E-state index >= 15 is 0 Å². The van der Waals surface area contributed by atoms with E-state index in [1.807, 2.05) is 11.1 Å². The summed E-state index contributed by atoms with van der Waals surface area (Å²) in [4.78, 5) is 4.15. The van der Waals surface area contributed by atoms with Crippen LogP contribution in [0, 0.1) is 0 Å². The van der Waals surface area contributed by atoms with Crippen LogP contribution in [0.15, 0.2) is 12.4 Å². The van der Waals surface area contributed by atoms with Crippen molar-refractivity contribution in [2.24, 2.45) is 0 Å². The van der Waals surface area contributed by atoms with E-state index in [4.69, 9.17) is 0 Å². The zero-order valence-corrected chi connectivity index (χ0v) is 12.5. The Kier molecular flexibility index (Phi) is 4.30. The molecule has 0 radical (unpaired) electrons. The SMILES string of the molecule is FC(F)(F)c1nnc(N2CCN(CCc3cn[nH]c3)CC2)s1. The van der Waals surface area contributed by atoms with Crippen molar-refractivity contribution in [2.45, 2.75) is 12.6 Å². The molecular formula is C12H15F3N6S. The van der Waals surface area contributed by atoms with Crippen molar-refractivity contribution in [3.8, 4) is 0 Å². The van der Waals surface area contributed by atoms with E-state index in [-0.39, 0.29) is 0 Å². The van der Waals surface area contributed by atoms with Crippen LogP contribution in [0.4, 0.5) is 18.3 Å². The van der Waals surface area contributed by atoms with E-state index in [1.165, 1.54) is 0 Å². The maximum absolute atomic E-state index is 12.5. The summed E-state index contributed by atoms with van der Waals surface area (Å²) >= 11 is 0.607. The maximum atomic E-state index is 12.5. The quantitative estimate of drug-likeness (QED) is 0.922. The number of H-pyrrole nitrogens is 1. The fourth-order valence-electron chi connectivity index (χ4n) is 2.32. The topological polar surface area (TPSA) is 60.9 Å². The standard InChI is InChI=1S/C12H15F3N6S/c13-12(14,15)10-18-19-11(22-10)21-5-3-20(4-6-21)2-1-9-7-16-17-8-9/h7-8H,1-6H2,(H,16,17). The summed E-state index contributed by atoms with van der Waals surface area (Å²) in [5, 5.41) is 13.0. The normalized spacial score (nSPS) is 17.1. The molecule has 2 aromatic rings. The second-order valence-corrected chi connectivity index (χ2v) is 6.03. The van der Waals surface area contributed by atoms with Crippen LogP contribution >= 0.6 is 11.3 Å². The Morgan fingerprint density at radius 3 is 2.55 bits per heavy atom. The highest BCUT2D eigenvalue weighted by Gasteiger charge is 2.36. The molecule has 0 spiro atoms. The number of aromatic nitrogens is 4. The van der Waals surface area contributed by atoms with Gasteiger partial charge >= 0.3 is 6.18 Å². The molecule has 10 heteroatoms. The van der Waals surface area contributed by atoms with Crippen LogP contribution in [0.1, 0.15) is 10.6 Å². The Morgan fingerprint density at radius 2 is 1.95 bits per heavy atom. The lowest BCUT2D eigenvalue weighted by Crippen LogP contribution is -2.47. The van der Waals surface area contributed by atoms with Crippen molar-refractivity contribution in [1.29, 1.82) is 0 Å². The van der Waals surface area contributed by atoms with Gasteiger partial charge in [0.15, 0.2) is 0 Å². The van der Waals surface area contributed by atoms with Gasteiger partial charge in [0.1, 0.15) is 0 Å². The molecular weight excluding hydrogens is 317 g/mol. The lowest BCUT2D eigenvalue weighted by atomic mass is 10.2. The first-order valence-electron chi connectivity index (χ1n) is 6.88. The Hall–Kier alpha value is -1.68. The van der Waals surface area contributed by atoms with Gasteiger partial charge in [-0.05, 0) is 12.0 Å². The van der Waals surface area contributed by atoms with Crippen LogP contribution in [0.3, 0.4) is 0 Å². The van der Waals surface area contributed by atoms with Gasteiger partial charge in [-0.2, -0.15) is 18.3 Å². The van der Waals surface area contributed by atoms with Crippen LogP contribution in [-0.2, 0) is 12.6 Å². The number of halogens is 3. The highest BCUT2D eigenvalue weighted by Crippen LogP contribution is 2.34. The maximum Gasteiger partial charge on any atom is 0.445 e. The molecule has 3 heterocycles. The lowest BCUT2D eigenvalue weighted by Gasteiger charge is -2.34. The number of nitrogens with zero attached hydrogens (tertiary/aromatic N) is 5. The van der Waals surface area contributed by atoms with Crippen molar-refractivity contribution in [1.82, 2.24) is 25.3 Å². The largest absolute Gasteiger partial charge is 0.445 e. The molecule has 1 N–H and O–H groups in total. The van der Waals surface area contributed by atoms with Gasteiger partial charge in [0, 0.05) is 38.9 Å². The molecule has 0 unspecified atom stereocenters. The molecule has 22 heavy (non-hydrogen) atoms. The van der Waals surface area contributed by atoms with Gasteiger partial charge in [0.05, 0.1) is 6.20 Å². The number of piperazine rings is 1. The minimum Gasteiger partial charge on any atom is -0.344 e. The van der Waals surface area contributed by atoms with E-state index < -0.39 is 11.2 Å². The van der Waals surface area contributed by atoms with Crippen LogP contribution in [-0.4, -0.2) is 58.0 Å². The lowest BCUT2D eigenvalue weighted by molar-refractivity contribution is -0.138. The van der Waals surface area contributed by atoms with Crippen molar-refractivity contribution < 1.29 is 13.2 Å². The smallest absolute Gasteiger partial charge is 0.344 e. The van der Waals surface area contributed by atoms with Gasteiger partial charge < -0.3 is 4.90 Å². The molecule has 3 rings (SSSR count). The average Bonchev–Trinajstić information content (AvgIpc) is 3.16. The number of hydrogen-bond acceptors (Lipinski definition) is 6. The first-order valence-corrected chi connectivity index (χ1v) is 7.70. The summed E-state index contributed by atoms with van der Waals surface area (Å²) in [6, 6.07) is 0. The van der Waals surface area contributed by atoms with Gasteiger partial charge in [-0.25, -0.2) is 0 Å². The Labute approximate surface area is 128 Å². The third kappa shape index (κ3) is 3.55. The molecule has 0 aliphatic carbocycles. The first-order chi connectivity index (χ1) is 10.5. The molecule has 1 saturated heterocycles. The zero-order chi connectivity index (χ0) is 15.6. The van der Waals surface area contributed by atoms with Crippen LogP contribution in [0.2, 0.25) is 0 Å². The predicted molar refractivity (Wildman–Crippen MR) is 75.9 cm³/mol. The number of rotatable bonds is 4. The summed E-state index contributed by atoms with van der Waals surface area (Å²) < 4.78 is 37.6. The predicted octanol–water partition coefficient (Wildman–Crippen LogP) is 1.64. The van der Waals surface area contributed by atoms with Gasteiger partial charge in [-0.3, -0.25) is 10.00 Å². The summed E-state index contributed by atoms with van der Waals surface area (Å²) in [6.45, 7) is 3.85. The van der Waals surface area contributed by atoms with E-state index in [2.05, 4.69) is 25.3 Å². The first kappa shape index (κ1) is 15.2. The molecule has 1 fully saturated rings. The minimum atomic E-state index is -4.41. The van der Waals surface area contributed by atoms with Crippen molar-refractivity contribution in [2.75, 3.05) is 37.6 Å². The fraction of sp³-hybridized carbons (Fsp3) is 0.583. The van der Waals surface area contributed by atoms with Crippen LogP contribution in [0.25, 0.3) is 0 Å². The number of anilines is 1.